The number of hydrogen-bond acceptors (Lipinski definition) is 3. The van der Waals surface area contributed by atoms with Crippen LogP contribution >= 0.6 is 11.8 Å². The number of fused-ring (bicyclic) bond motifs is 2. The molecule has 2 aromatic heterocycles. The SMILES string of the molecule is Cc1c(Cc2ccc3c(n2)C(F)(F)CCS3)c2cc(F)ccc2n1CC(=O)O. The van der Waals surface area contributed by atoms with Gasteiger partial charge in [-0.3, -0.25) is 9.78 Å². The number of aromatic nitrogens is 2. The van der Waals surface area contributed by atoms with Crippen molar-refractivity contribution in [3.05, 3.63) is 58.8 Å². The highest BCUT2D eigenvalue weighted by Gasteiger charge is 2.39. The van der Waals surface area contributed by atoms with E-state index in [4.69, 9.17) is 0 Å². The zero-order chi connectivity index (χ0) is 20.1. The van der Waals surface area contributed by atoms with Crippen LogP contribution in [0.15, 0.2) is 35.2 Å². The summed E-state index contributed by atoms with van der Waals surface area (Å²) in [6.07, 6.45) is -0.0320. The number of rotatable bonds is 4. The third-order valence-corrected chi connectivity index (χ3v) is 6.05. The van der Waals surface area contributed by atoms with E-state index in [1.165, 1.54) is 30.0 Å². The van der Waals surface area contributed by atoms with Gasteiger partial charge in [0.05, 0.1) is 0 Å². The minimum Gasteiger partial charge on any atom is -0.480 e. The van der Waals surface area contributed by atoms with Crippen LogP contribution in [-0.2, 0) is 23.7 Å². The Morgan fingerprint density at radius 1 is 1.32 bits per heavy atom. The Labute approximate surface area is 163 Å². The van der Waals surface area contributed by atoms with E-state index in [-0.39, 0.29) is 25.1 Å². The van der Waals surface area contributed by atoms with Crippen LogP contribution in [0.3, 0.4) is 0 Å². The van der Waals surface area contributed by atoms with Gasteiger partial charge >= 0.3 is 5.97 Å². The highest BCUT2D eigenvalue weighted by atomic mass is 32.2. The Morgan fingerprint density at radius 2 is 2.11 bits per heavy atom. The highest BCUT2D eigenvalue weighted by Crippen LogP contribution is 2.43. The number of benzene rings is 1. The van der Waals surface area contributed by atoms with Gasteiger partial charge < -0.3 is 9.67 Å². The van der Waals surface area contributed by atoms with Crippen molar-refractivity contribution in [1.82, 2.24) is 9.55 Å². The Kier molecular flexibility index (Phi) is 4.61. The van der Waals surface area contributed by atoms with E-state index in [0.29, 0.717) is 38.5 Å². The fourth-order valence-electron chi connectivity index (χ4n) is 3.64. The molecule has 3 heterocycles. The van der Waals surface area contributed by atoms with Gasteiger partial charge in [-0.1, -0.05) is 0 Å². The van der Waals surface area contributed by atoms with Crippen molar-refractivity contribution >= 4 is 28.6 Å². The van der Waals surface area contributed by atoms with Crippen LogP contribution in [0.25, 0.3) is 10.9 Å². The molecule has 0 unspecified atom stereocenters. The van der Waals surface area contributed by atoms with Crippen molar-refractivity contribution < 1.29 is 23.1 Å². The van der Waals surface area contributed by atoms with Crippen molar-refractivity contribution in [3.8, 4) is 0 Å². The number of pyridine rings is 1. The van der Waals surface area contributed by atoms with E-state index in [0.717, 1.165) is 0 Å². The molecule has 146 valence electrons. The lowest BCUT2D eigenvalue weighted by molar-refractivity contribution is -0.137. The van der Waals surface area contributed by atoms with Crippen molar-refractivity contribution in [2.45, 2.75) is 37.1 Å². The monoisotopic (exact) mass is 406 g/mol. The number of thioether (sulfide) groups is 1. The number of aliphatic carboxylic acids is 1. The third kappa shape index (κ3) is 3.26. The lowest BCUT2D eigenvalue weighted by Gasteiger charge is -2.24. The first-order valence-electron chi connectivity index (χ1n) is 8.76. The van der Waals surface area contributed by atoms with Gasteiger partial charge in [0, 0.05) is 45.8 Å². The first kappa shape index (κ1) is 18.9. The third-order valence-electron chi connectivity index (χ3n) is 5.00. The number of alkyl halides is 2. The quantitative estimate of drug-likeness (QED) is 0.680. The molecule has 4 nitrogen and oxygen atoms in total. The average molecular weight is 406 g/mol. The van der Waals surface area contributed by atoms with E-state index >= 15 is 0 Å². The molecule has 0 atom stereocenters. The molecule has 4 rings (SSSR count). The van der Waals surface area contributed by atoms with Gasteiger partial charge in [0.25, 0.3) is 5.92 Å². The summed E-state index contributed by atoms with van der Waals surface area (Å²) < 4.78 is 43.9. The number of carboxylic acids is 1. The predicted octanol–water partition coefficient (Wildman–Crippen LogP) is 4.75. The zero-order valence-electron chi connectivity index (χ0n) is 15.0. The van der Waals surface area contributed by atoms with Gasteiger partial charge in [-0.15, -0.1) is 11.8 Å². The van der Waals surface area contributed by atoms with Crippen LogP contribution in [0.4, 0.5) is 13.2 Å². The number of carbonyl (C=O) groups is 1. The Hall–Kier alpha value is -2.48. The maximum Gasteiger partial charge on any atom is 0.323 e. The second-order valence-corrected chi connectivity index (χ2v) is 7.97. The van der Waals surface area contributed by atoms with Gasteiger partial charge in [-0.05, 0) is 42.8 Å². The van der Waals surface area contributed by atoms with E-state index in [9.17, 15) is 23.1 Å². The summed E-state index contributed by atoms with van der Waals surface area (Å²) in [6, 6.07) is 7.51. The molecule has 0 fully saturated rings. The lowest BCUT2D eigenvalue weighted by Crippen LogP contribution is -2.22. The van der Waals surface area contributed by atoms with E-state index in [2.05, 4.69) is 4.98 Å². The molecule has 0 radical (unpaired) electrons. The molecule has 0 aliphatic carbocycles. The van der Waals surface area contributed by atoms with Crippen LogP contribution in [0.2, 0.25) is 0 Å². The van der Waals surface area contributed by atoms with Crippen molar-refractivity contribution in [2.24, 2.45) is 0 Å². The van der Waals surface area contributed by atoms with Crippen LogP contribution in [-0.4, -0.2) is 26.4 Å². The molecule has 8 heteroatoms. The van der Waals surface area contributed by atoms with Crippen LogP contribution in [0.5, 0.6) is 0 Å². The second-order valence-electron chi connectivity index (χ2n) is 6.83. The number of nitrogens with zero attached hydrogens (tertiary/aromatic N) is 2. The Bertz CT molecular complexity index is 1090. The smallest absolute Gasteiger partial charge is 0.323 e. The summed E-state index contributed by atoms with van der Waals surface area (Å²) in [5, 5.41) is 9.77. The Morgan fingerprint density at radius 3 is 2.86 bits per heavy atom. The summed E-state index contributed by atoms with van der Waals surface area (Å²) in [7, 11) is 0. The summed E-state index contributed by atoms with van der Waals surface area (Å²) >= 11 is 1.36. The molecule has 1 aliphatic rings. The molecule has 0 spiro atoms. The molecule has 1 N–H and O–H groups in total. The molecule has 1 aliphatic heterocycles. The van der Waals surface area contributed by atoms with Gasteiger partial charge in [-0.2, -0.15) is 8.78 Å². The minimum atomic E-state index is -2.96. The van der Waals surface area contributed by atoms with Gasteiger partial charge in [0.15, 0.2) is 0 Å². The standard InChI is InChI=1S/C20H17F3N2O2S/c1-11-14(15-8-12(21)2-4-16(15)25(11)10-18(26)27)9-13-3-5-17-19(24-13)20(22,23)6-7-28-17/h2-5,8H,6-7,9-10H2,1H3,(H,26,27). The molecule has 1 aromatic carbocycles. The summed E-state index contributed by atoms with van der Waals surface area (Å²) in [5.41, 5.74) is 2.18. The molecule has 0 bridgehead atoms. The van der Waals surface area contributed by atoms with E-state index in [1.54, 1.807) is 23.6 Å². The molecular formula is C20H17F3N2O2S. The maximum absolute atomic E-state index is 14.3. The normalized spacial score (nSPS) is 15.6. The fourth-order valence-corrected chi connectivity index (χ4v) is 4.71. The zero-order valence-corrected chi connectivity index (χ0v) is 15.8. The fraction of sp³-hybridized carbons (Fsp3) is 0.300. The Balaban J connectivity index is 1.81. The number of carboxylic acid groups (broad SMARTS) is 1. The van der Waals surface area contributed by atoms with E-state index in [1.807, 2.05) is 0 Å². The van der Waals surface area contributed by atoms with Gasteiger partial charge in [-0.25, -0.2) is 4.39 Å². The molecular weight excluding hydrogens is 389 g/mol. The number of hydrogen-bond donors (Lipinski definition) is 1. The average Bonchev–Trinajstić information content (AvgIpc) is 2.87. The maximum atomic E-state index is 14.3. The predicted molar refractivity (Wildman–Crippen MR) is 101 cm³/mol. The highest BCUT2D eigenvalue weighted by molar-refractivity contribution is 7.99. The lowest BCUT2D eigenvalue weighted by atomic mass is 10.0. The van der Waals surface area contributed by atoms with Gasteiger partial charge in [0.2, 0.25) is 0 Å². The van der Waals surface area contributed by atoms with Gasteiger partial charge in [0.1, 0.15) is 18.1 Å². The first-order valence-corrected chi connectivity index (χ1v) is 9.75. The van der Waals surface area contributed by atoms with Crippen LogP contribution in [0.1, 0.15) is 29.1 Å². The molecule has 0 saturated heterocycles. The largest absolute Gasteiger partial charge is 0.480 e. The molecule has 28 heavy (non-hydrogen) atoms. The second kappa shape index (κ2) is 6.84. The molecule has 0 saturated carbocycles. The first-order chi connectivity index (χ1) is 13.3. The van der Waals surface area contributed by atoms with Crippen LogP contribution in [0, 0.1) is 12.7 Å². The van der Waals surface area contributed by atoms with Crippen molar-refractivity contribution in [3.63, 3.8) is 0 Å². The minimum absolute atomic E-state index is 0.209. The topological polar surface area (TPSA) is 55.1 Å². The number of halogens is 3. The molecule has 0 amide bonds. The van der Waals surface area contributed by atoms with E-state index < -0.39 is 17.7 Å². The van der Waals surface area contributed by atoms with Crippen LogP contribution < -0.4 is 0 Å². The summed E-state index contributed by atoms with van der Waals surface area (Å²) in [4.78, 5) is 15.9. The molecule has 3 aromatic rings. The van der Waals surface area contributed by atoms with Crippen molar-refractivity contribution in [1.29, 1.82) is 0 Å². The summed E-state index contributed by atoms with van der Waals surface area (Å²) in [6.45, 7) is 1.49. The summed E-state index contributed by atoms with van der Waals surface area (Å²) in [5.74, 6) is -4.07. The van der Waals surface area contributed by atoms with Crippen molar-refractivity contribution in [2.75, 3.05) is 5.75 Å².